The van der Waals surface area contributed by atoms with Crippen molar-refractivity contribution in [3.8, 4) is 0 Å². The van der Waals surface area contributed by atoms with Crippen LogP contribution in [0.4, 0.5) is 0 Å². The summed E-state index contributed by atoms with van der Waals surface area (Å²) in [4.78, 5) is 22.8. The molecule has 0 saturated carbocycles. The number of carbonyl (C=O) groups is 2. The molecule has 0 bridgehead atoms. The standard InChI is InChI=1S/C14H18ClNO3/c1-3-12(14(18)19)16-13(17)9(2)8-10-6-4-5-7-11(10)15/h4-7,9,12H,3,8H2,1-2H3,(H,16,17)(H,18,19). The Morgan fingerprint density at radius 3 is 2.53 bits per heavy atom. The molecule has 1 amide bonds. The van der Waals surface area contributed by atoms with Crippen LogP contribution in [0.3, 0.4) is 0 Å². The van der Waals surface area contributed by atoms with Gasteiger partial charge in [0, 0.05) is 10.9 Å². The molecular formula is C14H18ClNO3. The normalized spacial score (nSPS) is 13.6. The van der Waals surface area contributed by atoms with Crippen LogP contribution >= 0.6 is 11.6 Å². The molecule has 104 valence electrons. The number of carboxylic acid groups (broad SMARTS) is 1. The summed E-state index contributed by atoms with van der Waals surface area (Å²) in [6, 6.07) is 6.49. The summed E-state index contributed by atoms with van der Waals surface area (Å²) < 4.78 is 0. The van der Waals surface area contributed by atoms with Crippen molar-refractivity contribution >= 4 is 23.5 Å². The zero-order valence-corrected chi connectivity index (χ0v) is 11.8. The van der Waals surface area contributed by atoms with Gasteiger partial charge in [0.15, 0.2) is 0 Å². The number of aliphatic carboxylic acids is 1. The van der Waals surface area contributed by atoms with E-state index < -0.39 is 12.0 Å². The topological polar surface area (TPSA) is 66.4 Å². The van der Waals surface area contributed by atoms with E-state index in [1.165, 1.54) is 0 Å². The van der Waals surface area contributed by atoms with E-state index >= 15 is 0 Å². The molecule has 19 heavy (non-hydrogen) atoms. The third-order valence-corrected chi connectivity index (χ3v) is 3.32. The average molecular weight is 284 g/mol. The van der Waals surface area contributed by atoms with Crippen molar-refractivity contribution in [2.75, 3.05) is 0 Å². The van der Waals surface area contributed by atoms with Crippen LogP contribution in [0.25, 0.3) is 0 Å². The third-order valence-electron chi connectivity index (χ3n) is 2.95. The summed E-state index contributed by atoms with van der Waals surface area (Å²) in [5, 5.41) is 12.0. The van der Waals surface area contributed by atoms with Crippen molar-refractivity contribution in [2.24, 2.45) is 5.92 Å². The van der Waals surface area contributed by atoms with Gasteiger partial charge in [-0.1, -0.05) is 43.6 Å². The van der Waals surface area contributed by atoms with Gasteiger partial charge >= 0.3 is 5.97 Å². The van der Waals surface area contributed by atoms with Gasteiger partial charge in [0.05, 0.1) is 0 Å². The first-order valence-electron chi connectivity index (χ1n) is 6.22. The highest BCUT2D eigenvalue weighted by Gasteiger charge is 2.21. The summed E-state index contributed by atoms with van der Waals surface area (Å²) >= 11 is 6.03. The van der Waals surface area contributed by atoms with E-state index in [9.17, 15) is 9.59 Å². The quantitative estimate of drug-likeness (QED) is 0.843. The zero-order valence-electron chi connectivity index (χ0n) is 11.0. The van der Waals surface area contributed by atoms with Crippen LogP contribution in [0.2, 0.25) is 5.02 Å². The molecule has 2 N–H and O–H groups in total. The van der Waals surface area contributed by atoms with E-state index in [0.29, 0.717) is 17.9 Å². The summed E-state index contributed by atoms with van der Waals surface area (Å²) in [5.74, 6) is -1.61. The number of carboxylic acids is 1. The lowest BCUT2D eigenvalue weighted by molar-refractivity contribution is -0.142. The zero-order chi connectivity index (χ0) is 14.4. The molecule has 1 rings (SSSR count). The fraction of sp³-hybridized carbons (Fsp3) is 0.429. The number of amides is 1. The van der Waals surface area contributed by atoms with Crippen molar-refractivity contribution < 1.29 is 14.7 Å². The molecule has 0 fully saturated rings. The van der Waals surface area contributed by atoms with E-state index in [2.05, 4.69) is 5.32 Å². The van der Waals surface area contributed by atoms with Gasteiger partial charge in [0.25, 0.3) is 0 Å². The number of hydrogen-bond donors (Lipinski definition) is 2. The largest absolute Gasteiger partial charge is 0.480 e. The first-order valence-corrected chi connectivity index (χ1v) is 6.60. The predicted octanol–water partition coefficient (Wildman–Crippen LogP) is 2.50. The van der Waals surface area contributed by atoms with E-state index in [1.807, 2.05) is 18.2 Å². The van der Waals surface area contributed by atoms with Gasteiger partial charge in [-0.25, -0.2) is 4.79 Å². The SMILES string of the molecule is CCC(NC(=O)C(C)Cc1ccccc1Cl)C(=O)O. The van der Waals surface area contributed by atoms with Gasteiger partial charge in [-0.3, -0.25) is 4.79 Å². The molecule has 5 heteroatoms. The predicted molar refractivity (Wildman–Crippen MR) is 74.2 cm³/mol. The minimum absolute atomic E-state index is 0.269. The van der Waals surface area contributed by atoms with Crippen LogP contribution < -0.4 is 5.32 Å². The van der Waals surface area contributed by atoms with Crippen molar-refractivity contribution in [1.29, 1.82) is 0 Å². The molecule has 1 aromatic rings. The van der Waals surface area contributed by atoms with Gasteiger partial charge < -0.3 is 10.4 Å². The van der Waals surface area contributed by atoms with Crippen molar-refractivity contribution in [1.82, 2.24) is 5.32 Å². The van der Waals surface area contributed by atoms with Crippen LogP contribution in [0.5, 0.6) is 0 Å². The highest BCUT2D eigenvalue weighted by Crippen LogP contribution is 2.18. The molecule has 2 unspecified atom stereocenters. The maximum atomic E-state index is 11.9. The third kappa shape index (κ3) is 4.56. The second kappa shape index (κ2) is 7.14. The Hall–Kier alpha value is -1.55. The molecule has 0 aliphatic rings. The maximum Gasteiger partial charge on any atom is 0.326 e. The fourth-order valence-electron chi connectivity index (χ4n) is 1.74. The molecule has 0 aliphatic heterocycles. The molecule has 0 radical (unpaired) electrons. The molecular weight excluding hydrogens is 266 g/mol. The second-order valence-electron chi connectivity index (χ2n) is 4.50. The van der Waals surface area contributed by atoms with Crippen molar-refractivity contribution in [2.45, 2.75) is 32.7 Å². The first-order chi connectivity index (χ1) is 8.95. The van der Waals surface area contributed by atoms with E-state index in [4.69, 9.17) is 16.7 Å². The molecule has 0 aliphatic carbocycles. The highest BCUT2D eigenvalue weighted by molar-refractivity contribution is 6.31. The van der Waals surface area contributed by atoms with Crippen LogP contribution in [-0.2, 0) is 16.0 Å². The lowest BCUT2D eigenvalue weighted by Gasteiger charge is -2.17. The highest BCUT2D eigenvalue weighted by atomic mass is 35.5. The second-order valence-corrected chi connectivity index (χ2v) is 4.91. The molecule has 4 nitrogen and oxygen atoms in total. The Morgan fingerprint density at radius 2 is 2.00 bits per heavy atom. The Kier molecular flexibility index (Phi) is 5.83. The van der Waals surface area contributed by atoms with Gasteiger partial charge in [-0.15, -0.1) is 0 Å². The number of rotatable bonds is 6. The Labute approximate surface area is 117 Å². The first kappa shape index (κ1) is 15.5. The van der Waals surface area contributed by atoms with Crippen LogP contribution in [0.15, 0.2) is 24.3 Å². The van der Waals surface area contributed by atoms with E-state index in [-0.39, 0.29) is 11.8 Å². The number of hydrogen-bond acceptors (Lipinski definition) is 2. The summed E-state index contributed by atoms with van der Waals surface area (Å²) in [6.07, 6.45) is 0.849. The van der Waals surface area contributed by atoms with Crippen LogP contribution in [-0.4, -0.2) is 23.0 Å². The molecule has 0 spiro atoms. The smallest absolute Gasteiger partial charge is 0.326 e. The number of benzene rings is 1. The van der Waals surface area contributed by atoms with Crippen LogP contribution in [0, 0.1) is 5.92 Å². The number of halogens is 1. The number of carbonyl (C=O) groups excluding carboxylic acids is 1. The Morgan fingerprint density at radius 1 is 1.37 bits per heavy atom. The average Bonchev–Trinajstić information content (AvgIpc) is 2.37. The monoisotopic (exact) mass is 283 g/mol. The lowest BCUT2D eigenvalue weighted by atomic mass is 10.00. The van der Waals surface area contributed by atoms with Gasteiger partial charge in [-0.05, 0) is 24.5 Å². The van der Waals surface area contributed by atoms with Crippen molar-refractivity contribution in [3.05, 3.63) is 34.9 Å². The van der Waals surface area contributed by atoms with Gasteiger partial charge in [0.1, 0.15) is 6.04 Å². The summed E-state index contributed by atoms with van der Waals surface area (Å²) in [5.41, 5.74) is 0.884. The number of nitrogens with one attached hydrogen (secondary N) is 1. The fourth-order valence-corrected chi connectivity index (χ4v) is 1.95. The lowest BCUT2D eigenvalue weighted by Crippen LogP contribution is -2.43. The van der Waals surface area contributed by atoms with Gasteiger partial charge in [0.2, 0.25) is 5.91 Å². The Balaban J connectivity index is 2.63. The molecule has 0 aromatic heterocycles. The molecule has 1 aromatic carbocycles. The Bertz CT molecular complexity index is 462. The molecule has 0 saturated heterocycles. The van der Waals surface area contributed by atoms with E-state index in [1.54, 1.807) is 19.9 Å². The minimum atomic E-state index is -1.01. The van der Waals surface area contributed by atoms with E-state index in [0.717, 1.165) is 5.56 Å². The molecule has 2 atom stereocenters. The summed E-state index contributed by atoms with van der Waals surface area (Å²) in [7, 11) is 0. The van der Waals surface area contributed by atoms with Crippen molar-refractivity contribution in [3.63, 3.8) is 0 Å². The molecule has 0 heterocycles. The summed E-state index contributed by atoms with van der Waals surface area (Å²) in [6.45, 7) is 3.48. The minimum Gasteiger partial charge on any atom is -0.480 e. The maximum absolute atomic E-state index is 11.9. The van der Waals surface area contributed by atoms with Gasteiger partial charge in [-0.2, -0.15) is 0 Å². The van der Waals surface area contributed by atoms with Crippen LogP contribution in [0.1, 0.15) is 25.8 Å².